The molecule has 0 aliphatic carbocycles. The Balaban J connectivity index is 1.63. The highest BCUT2D eigenvalue weighted by Crippen LogP contribution is 2.28. The van der Waals surface area contributed by atoms with Crippen molar-refractivity contribution in [2.24, 2.45) is 0 Å². The minimum absolute atomic E-state index is 0.215. The summed E-state index contributed by atoms with van der Waals surface area (Å²) in [7, 11) is 0. The molecule has 0 unspecified atom stereocenters. The van der Waals surface area contributed by atoms with E-state index in [2.05, 4.69) is 47.3 Å². The van der Waals surface area contributed by atoms with Crippen LogP contribution in [0.3, 0.4) is 0 Å². The number of hydrogen-bond acceptors (Lipinski definition) is 3. The largest absolute Gasteiger partial charge is 0.246 e. The Hall–Kier alpha value is -2.66. The average Bonchev–Trinajstić information content (AvgIpc) is 3.06. The third kappa shape index (κ3) is 3.42. The highest BCUT2D eigenvalue weighted by Gasteiger charge is 2.10. The van der Waals surface area contributed by atoms with Gasteiger partial charge in [-0.1, -0.05) is 53.7 Å². The molecule has 124 valence electrons. The second-order valence-electron chi connectivity index (χ2n) is 5.87. The lowest BCUT2D eigenvalue weighted by atomic mass is 10.1. The van der Waals surface area contributed by atoms with Gasteiger partial charge in [-0.3, -0.25) is 0 Å². The van der Waals surface area contributed by atoms with E-state index >= 15 is 0 Å². The Morgan fingerprint density at radius 1 is 1.04 bits per heavy atom. The van der Waals surface area contributed by atoms with Crippen molar-refractivity contribution in [3.63, 3.8) is 0 Å². The molecule has 0 N–H and O–H groups in total. The van der Waals surface area contributed by atoms with Gasteiger partial charge in [0.15, 0.2) is 0 Å². The molecule has 0 saturated heterocycles. The van der Waals surface area contributed by atoms with Gasteiger partial charge in [0.1, 0.15) is 10.8 Å². The van der Waals surface area contributed by atoms with E-state index in [4.69, 9.17) is 0 Å². The molecule has 0 bridgehead atoms. The average molecular weight is 349 g/mol. The van der Waals surface area contributed by atoms with Gasteiger partial charge in [0.05, 0.1) is 11.2 Å². The number of aryl methyl sites for hydroxylation is 1. The molecule has 4 aromatic rings. The van der Waals surface area contributed by atoms with Crippen LogP contribution < -0.4 is 0 Å². The first-order chi connectivity index (χ1) is 12.2. The quantitative estimate of drug-likeness (QED) is 0.478. The van der Waals surface area contributed by atoms with Crippen LogP contribution in [0.4, 0.5) is 4.39 Å². The zero-order valence-electron chi connectivity index (χ0n) is 13.7. The van der Waals surface area contributed by atoms with Gasteiger partial charge in [-0.2, -0.15) is 5.10 Å². The maximum absolute atomic E-state index is 13.0. The molecule has 0 spiro atoms. The number of hydrogen-bond donors (Lipinski definition) is 0. The summed E-state index contributed by atoms with van der Waals surface area (Å²) in [5.74, 6) is 0.519. The smallest absolute Gasteiger partial charge is 0.123 e. The van der Waals surface area contributed by atoms with Crippen molar-refractivity contribution in [3.8, 4) is 11.3 Å². The molecule has 0 amide bonds. The van der Waals surface area contributed by atoms with Crippen LogP contribution >= 0.6 is 11.8 Å². The van der Waals surface area contributed by atoms with E-state index in [9.17, 15) is 4.39 Å². The standard InChI is InChI=1S/C20H16FN3S/c1-14-2-6-16(7-3-14)18-12-19-20(22-10-11-24(19)23-18)25-13-15-4-8-17(21)9-5-15/h2-12H,13H2,1H3. The number of halogens is 1. The fourth-order valence-electron chi connectivity index (χ4n) is 2.61. The van der Waals surface area contributed by atoms with Crippen molar-refractivity contribution in [2.45, 2.75) is 17.7 Å². The van der Waals surface area contributed by atoms with E-state index in [1.54, 1.807) is 30.1 Å². The number of nitrogens with zero attached hydrogens (tertiary/aromatic N) is 3. The Morgan fingerprint density at radius 3 is 2.56 bits per heavy atom. The number of aromatic nitrogens is 3. The molecule has 0 saturated carbocycles. The topological polar surface area (TPSA) is 30.2 Å². The molecule has 0 fully saturated rings. The van der Waals surface area contributed by atoms with Gasteiger partial charge in [-0.15, -0.1) is 0 Å². The lowest BCUT2D eigenvalue weighted by molar-refractivity contribution is 0.627. The molecule has 5 heteroatoms. The Labute approximate surface area is 149 Å². The van der Waals surface area contributed by atoms with Gasteiger partial charge in [0, 0.05) is 23.7 Å². The van der Waals surface area contributed by atoms with Crippen molar-refractivity contribution in [3.05, 3.63) is 83.9 Å². The molecule has 2 aromatic carbocycles. The summed E-state index contributed by atoms with van der Waals surface area (Å²) >= 11 is 1.63. The maximum atomic E-state index is 13.0. The van der Waals surface area contributed by atoms with E-state index in [1.807, 2.05) is 10.7 Å². The molecule has 0 radical (unpaired) electrons. The highest BCUT2D eigenvalue weighted by atomic mass is 32.2. The first-order valence-electron chi connectivity index (χ1n) is 7.98. The second-order valence-corrected chi connectivity index (χ2v) is 6.84. The highest BCUT2D eigenvalue weighted by molar-refractivity contribution is 7.98. The first kappa shape index (κ1) is 15.8. The summed E-state index contributed by atoms with van der Waals surface area (Å²) in [6.45, 7) is 2.07. The van der Waals surface area contributed by atoms with Gasteiger partial charge in [-0.25, -0.2) is 13.9 Å². The van der Waals surface area contributed by atoms with Crippen LogP contribution in [-0.4, -0.2) is 14.6 Å². The summed E-state index contributed by atoms with van der Waals surface area (Å²) in [6.07, 6.45) is 3.61. The Kier molecular flexibility index (Phi) is 4.24. The van der Waals surface area contributed by atoms with Crippen molar-refractivity contribution in [2.75, 3.05) is 0 Å². The lowest BCUT2D eigenvalue weighted by Crippen LogP contribution is -1.91. The van der Waals surface area contributed by atoms with Gasteiger partial charge in [-0.05, 0) is 30.7 Å². The monoisotopic (exact) mass is 349 g/mol. The van der Waals surface area contributed by atoms with Crippen LogP contribution in [0.2, 0.25) is 0 Å². The fraction of sp³-hybridized carbons (Fsp3) is 0.100. The zero-order chi connectivity index (χ0) is 17.2. The minimum atomic E-state index is -0.215. The molecule has 25 heavy (non-hydrogen) atoms. The SMILES string of the molecule is Cc1ccc(-c2cc3c(SCc4ccc(F)cc4)nccn3n2)cc1. The van der Waals surface area contributed by atoms with E-state index in [0.717, 1.165) is 33.1 Å². The van der Waals surface area contributed by atoms with Crippen molar-refractivity contribution >= 4 is 17.3 Å². The zero-order valence-corrected chi connectivity index (χ0v) is 14.5. The molecule has 0 aliphatic rings. The Bertz CT molecular complexity index is 1010. The number of fused-ring (bicyclic) bond motifs is 1. The summed E-state index contributed by atoms with van der Waals surface area (Å²) in [6, 6.07) is 17.0. The predicted molar refractivity (Wildman–Crippen MR) is 99.1 cm³/mol. The van der Waals surface area contributed by atoms with Gasteiger partial charge >= 0.3 is 0 Å². The number of benzene rings is 2. The molecule has 0 aliphatic heterocycles. The van der Waals surface area contributed by atoms with Crippen molar-refractivity contribution in [1.29, 1.82) is 0 Å². The van der Waals surface area contributed by atoms with Crippen LogP contribution in [0.5, 0.6) is 0 Å². The van der Waals surface area contributed by atoms with Gasteiger partial charge in [0.25, 0.3) is 0 Å². The van der Waals surface area contributed by atoms with E-state index in [1.165, 1.54) is 17.7 Å². The Morgan fingerprint density at radius 2 is 1.80 bits per heavy atom. The van der Waals surface area contributed by atoms with Crippen LogP contribution in [0.1, 0.15) is 11.1 Å². The van der Waals surface area contributed by atoms with Crippen LogP contribution in [0, 0.1) is 12.7 Å². The van der Waals surface area contributed by atoms with E-state index in [0.29, 0.717) is 0 Å². The predicted octanol–water partition coefficient (Wildman–Crippen LogP) is 5.14. The maximum Gasteiger partial charge on any atom is 0.123 e. The van der Waals surface area contributed by atoms with E-state index in [-0.39, 0.29) is 5.82 Å². The molecule has 4 rings (SSSR count). The summed E-state index contributed by atoms with van der Waals surface area (Å²) in [5, 5.41) is 5.57. The second kappa shape index (κ2) is 6.69. The minimum Gasteiger partial charge on any atom is -0.246 e. The third-order valence-electron chi connectivity index (χ3n) is 3.99. The van der Waals surface area contributed by atoms with Gasteiger partial charge < -0.3 is 0 Å². The molecular formula is C20H16FN3S. The summed E-state index contributed by atoms with van der Waals surface area (Å²) < 4.78 is 14.9. The molecular weight excluding hydrogens is 333 g/mol. The number of thioether (sulfide) groups is 1. The summed E-state index contributed by atoms with van der Waals surface area (Å²) in [5.41, 5.74) is 5.28. The number of rotatable bonds is 4. The fourth-order valence-corrected chi connectivity index (χ4v) is 3.54. The van der Waals surface area contributed by atoms with Crippen molar-refractivity contribution in [1.82, 2.24) is 14.6 Å². The van der Waals surface area contributed by atoms with Crippen LogP contribution in [0.15, 0.2) is 72.0 Å². The van der Waals surface area contributed by atoms with Crippen molar-refractivity contribution < 1.29 is 4.39 Å². The normalized spacial score (nSPS) is 11.1. The molecule has 2 aromatic heterocycles. The van der Waals surface area contributed by atoms with Gasteiger partial charge in [0.2, 0.25) is 0 Å². The lowest BCUT2D eigenvalue weighted by Gasteiger charge is -2.03. The molecule has 2 heterocycles. The van der Waals surface area contributed by atoms with Crippen LogP contribution in [0.25, 0.3) is 16.8 Å². The summed E-state index contributed by atoms with van der Waals surface area (Å²) in [4.78, 5) is 4.49. The van der Waals surface area contributed by atoms with Crippen LogP contribution in [-0.2, 0) is 5.75 Å². The van der Waals surface area contributed by atoms with E-state index < -0.39 is 0 Å². The molecule has 3 nitrogen and oxygen atoms in total. The first-order valence-corrected chi connectivity index (χ1v) is 8.96. The molecule has 0 atom stereocenters. The third-order valence-corrected chi connectivity index (χ3v) is 5.06.